The maximum Gasteiger partial charge on any atom is 0.425 e. The summed E-state index contributed by atoms with van der Waals surface area (Å²) in [5.74, 6) is -1.02. The molecule has 0 unspecified atom stereocenters. The van der Waals surface area contributed by atoms with Gasteiger partial charge in [0.25, 0.3) is 0 Å². The molecule has 1 saturated heterocycles. The minimum atomic E-state index is -1.02. The summed E-state index contributed by atoms with van der Waals surface area (Å²) in [6.45, 7) is 5.67. The molecule has 0 aromatic carbocycles. The third-order valence-corrected chi connectivity index (χ3v) is 1.89. The third-order valence-electron chi connectivity index (χ3n) is 1.89. The van der Waals surface area contributed by atoms with Crippen molar-refractivity contribution in [1.29, 1.82) is 0 Å². The van der Waals surface area contributed by atoms with Crippen LogP contribution in [0, 0.1) is 0 Å². The van der Waals surface area contributed by atoms with Crippen LogP contribution in [0.5, 0.6) is 0 Å². The molecule has 0 aromatic heterocycles. The number of carboxylic acids is 1. The van der Waals surface area contributed by atoms with Gasteiger partial charge in [0, 0.05) is 25.4 Å². The largest absolute Gasteiger partial charge is 0.480 e. The van der Waals surface area contributed by atoms with E-state index in [0.717, 1.165) is 5.01 Å². The van der Waals surface area contributed by atoms with Gasteiger partial charge in [0.05, 0.1) is 0 Å². The summed E-state index contributed by atoms with van der Waals surface area (Å²) in [6.07, 6.45) is -0.249. The molecule has 1 aliphatic heterocycles. The molecule has 0 spiro atoms. The molecule has 6 nitrogen and oxygen atoms in total. The minimum absolute atomic E-state index is 0. The van der Waals surface area contributed by atoms with Crippen molar-refractivity contribution in [2.24, 2.45) is 0 Å². The molecule has 1 rings (SSSR count). The van der Waals surface area contributed by atoms with Crippen LogP contribution in [0.2, 0.25) is 0 Å². The summed E-state index contributed by atoms with van der Waals surface area (Å²) in [6, 6.07) is -0.833. The fourth-order valence-electron chi connectivity index (χ4n) is 1.30. The molecule has 1 radical (unpaired) electrons. The van der Waals surface area contributed by atoms with Crippen LogP contribution in [0.15, 0.2) is 0 Å². The van der Waals surface area contributed by atoms with Gasteiger partial charge in [0.2, 0.25) is 0 Å². The van der Waals surface area contributed by atoms with Crippen molar-refractivity contribution >= 4 is 30.9 Å². The first-order chi connectivity index (χ1) is 6.81. The predicted octanol–water partition coefficient (Wildman–Crippen LogP) is 0.204. The van der Waals surface area contributed by atoms with Crippen molar-refractivity contribution in [1.82, 2.24) is 10.4 Å². The van der Waals surface area contributed by atoms with Crippen LogP contribution in [0.4, 0.5) is 4.79 Å². The van der Waals surface area contributed by atoms with Gasteiger partial charge in [0.1, 0.15) is 5.60 Å². The van der Waals surface area contributed by atoms with Gasteiger partial charge in [-0.1, -0.05) is 0 Å². The van der Waals surface area contributed by atoms with E-state index in [9.17, 15) is 9.59 Å². The van der Waals surface area contributed by atoms with E-state index < -0.39 is 23.7 Å². The maximum absolute atomic E-state index is 11.6. The minimum Gasteiger partial charge on any atom is -0.480 e. The number of ether oxygens (including phenoxy) is 1. The zero-order valence-electron chi connectivity index (χ0n) is 10.1. The van der Waals surface area contributed by atoms with Crippen LogP contribution < -0.4 is 5.43 Å². The van der Waals surface area contributed by atoms with E-state index in [2.05, 4.69) is 5.43 Å². The first kappa shape index (κ1) is 15.3. The summed E-state index contributed by atoms with van der Waals surface area (Å²) < 4.78 is 5.06. The van der Waals surface area contributed by atoms with Crippen molar-refractivity contribution < 1.29 is 19.4 Å². The number of nitrogens with zero attached hydrogens (tertiary/aromatic N) is 1. The molecule has 2 N–H and O–H groups in total. The van der Waals surface area contributed by atoms with E-state index in [4.69, 9.17) is 9.84 Å². The summed E-state index contributed by atoms with van der Waals surface area (Å²) in [5, 5.41) is 9.88. The molecule has 1 amide bonds. The number of hydrazine groups is 1. The predicted molar refractivity (Wildman–Crippen MR) is 57.9 cm³/mol. The molecule has 0 bridgehead atoms. The Bertz CT molecular complexity index is 277. The van der Waals surface area contributed by atoms with Crippen LogP contribution in [-0.2, 0) is 9.53 Å². The second-order valence-corrected chi connectivity index (χ2v) is 4.40. The van der Waals surface area contributed by atoms with Crippen molar-refractivity contribution in [3.05, 3.63) is 0 Å². The van der Waals surface area contributed by atoms with Crippen LogP contribution in [0.1, 0.15) is 27.2 Å². The normalized spacial score (nSPS) is 20.2. The zero-order valence-corrected chi connectivity index (χ0v) is 10.1. The Kier molecular flexibility index (Phi) is 5.33. The van der Waals surface area contributed by atoms with Crippen molar-refractivity contribution in [3.63, 3.8) is 0 Å². The Balaban J connectivity index is 0.00000225. The summed E-state index contributed by atoms with van der Waals surface area (Å²) >= 11 is 0. The van der Waals surface area contributed by atoms with Crippen molar-refractivity contribution in [2.75, 3.05) is 6.54 Å². The van der Waals surface area contributed by atoms with Crippen LogP contribution in [0.25, 0.3) is 0 Å². The summed E-state index contributed by atoms with van der Waals surface area (Å²) in [4.78, 5) is 22.3. The fourth-order valence-corrected chi connectivity index (χ4v) is 1.30. The molecular weight excluding hydrogens is 207 g/mol. The molecule has 1 aliphatic rings. The number of rotatable bonds is 1. The van der Waals surface area contributed by atoms with Gasteiger partial charge in [0.15, 0.2) is 6.04 Å². The standard InChI is InChI=1S/C9H16N2O4.Li/c1-9(2,3)15-8(14)11-6(7(12)13)4-5-10-11;/h6,10H,4-5H2,1-3H3,(H,12,13);/t6-;/m0./s1. The summed E-state index contributed by atoms with van der Waals surface area (Å²) in [5.41, 5.74) is 2.07. The van der Waals surface area contributed by atoms with E-state index >= 15 is 0 Å². The average Bonchev–Trinajstić information content (AvgIpc) is 2.47. The number of carbonyl (C=O) groups is 2. The van der Waals surface area contributed by atoms with E-state index in [1.165, 1.54) is 0 Å². The van der Waals surface area contributed by atoms with Gasteiger partial charge in [-0.15, -0.1) is 0 Å². The second kappa shape index (κ2) is 5.57. The molecule has 0 saturated carbocycles. The Morgan fingerprint density at radius 1 is 1.44 bits per heavy atom. The first-order valence-corrected chi connectivity index (χ1v) is 4.80. The van der Waals surface area contributed by atoms with Gasteiger partial charge in [-0.25, -0.2) is 20.0 Å². The molecule has 1 atom stereocenters. The number of amides is 1. The van der Waals surface area contributed by atoms with Crippen molar-refractivity contribution in [3.8, 4) is 0 Å². The Morgan fingerprint density at radius 2 is 2.00 bits per heavy atom. The topological polar surface area (TPSA) is 78.9 Å². The van der Waals surface area contributed by atoms with Gasteiger partial charge < -0.3 is 9.84 Å². The quantitative estimate of drug-likeness (QED) is 0.621. The molecule has 7 heteroatoms. The molecular formula is C9H16LiN2O4. The number of nitrogens with one attached hydrogen (secondary N) is 1. The summed E-state index contributed by atoms with van der Waals surface area (Å²) in [7, 11) is 0. The molecule has 0 aliphatic carbocycles. The Labute approximate surface area is 106 Å². The molecule has 1 fully saturated rings. The van der Waals surface area contributed by atoms with Gasteiger partial charge in [-0.2, -0.15) is 0 Å². The Hall–Kier alpha value is -0.703. The maximum atomic E-state index is 11.6. The number of hydrogen-bond donors (Lipinski definition) is 2. The van der Waals surface area contributed by atoms with Crippen LogP contribution >= 0.6 is 0 Å². The number of aliphatic carboxylic acids is 1. The molecule has 87 valence electrons. The monoisotopic (exact) mass is 223 g/mol. The number of carbonyl (C=O) groups excluding carboxylic acids is 1. The molecule has 1 heterocycles. The number of hydrogen-bond acceptors (Lipinski definition) is 4. The molecule has 16 heavy (non-hydrogen) atoms. The van der Waals surface area contributed by atoms with Crippen molar-refractivity contribution in [2.45, 2.75) is 38.8 Å². The van der Waals surface area contributed by atoms with E-state index in [1.807, 2.05) is 0 Å². The van der Waals surface area contributed by atoms with Gasteiger partial charge in [-0.3, -0.25) is 0 Å². The SMILES string of the molecule is CC(C)(C)OC(=O)N1NCC[C@H]1C(=O)O.[Li]. The number of carboxylic acid groups (broad SMARTS) is 1. The van der Waals surface area contributed by atoms with E-state index in [1.54, 1.807) is 20.8 Å². The van der Waals surface area contributed by atoms with Crippen LogP contribution in [-0.4, -0.2) is 59.2 Å². The smallest absolute Gasteiger partial charge is 0.425 e. The van der Waals surface area contributed by atoms with Gasteiger partial charge in [-0.05, 0) is 27.2 Å². The fraction of sp³-hybridized carbons (Fsp3) is 0.778. The third kappa shape index (κ3) is 4.04. The van der Waals surface area contributed by atoms with Gasteiger partial charge >= 0.3 is 12.1 Å². The molecule has 0 aromatic rings. The average molecular weight is 223 g/mol. The van der Waals surface area contributed by atoms with E-state index in [0.29, 0.717) is 13.0 Å². The van der Waals surface area contributed by atoms with E-state index in [-0.39, 0.29) is 18.9 Å². The first-order valence-electron chi connectivity index (χ1n) is 4.80. The zero-order chi connectivity index (χ0) is 11.6. The second-order valence-electron chi connectivity index (χ2n) is 4.40. The van der Waals surface area contributed by atoms with Crippen LogP contribution in [0.3, 0.4) is 0 Å². The Morgan fingerprint density at radius 3 is 2.44 bits per heavy atom.